The Morgan fingerprint density at radius 1 is 1.20 bits per heavy atom. The SMILES string of the molecule is CN=C(NCc1ccc(F)cc1)NCC(c1ccco1)N1CCCC1. The van der Waals surface area contributed by atoms with E-state index in [0.717, 1.165) is 36.9 Å². The normalized spacial score (nSPS) is 16.8. The number of nitrogens with one attached hydrogen (secondary N) is 2. The number of likely N-dealkylation sites (tertiary alicyclic amines) is 1. The summed E-state index contributed by atoms with van der Waals surface area (Å²) in [6.45, 7) is 3.50. The van der Waals surface area contributed by atoms with Crippen LogP contribution in [0.25, 0.3) is 0 Å². The molecule has 2 N–H and O–H groups in total. The third-order valence-corrected chi connectivity index (χ3v) is 4.51. The van der Waals surface area contributed by atoms with Crippen molar-refractivity contribution < 1.29 is 8.81 Å². The van der Waals surface area contributed by atoms with Crippen LogP contribution >= 0.6 is 0 Å². The summed E-state index contributed by atoms with van der Waals surface area (Å²) in [5.74, 6) is 1.47. The highest BCUT2D eigenvalue weighted by atomic mass is 19.1. The Labute approximate surface area is 147 Å². The maximum Gasteiger partial charge on any atom is 0.191 e. The van der Waals surface area contributed by atoms with Gasteiger partial charge in [-0.1, -0.05) is 12.1 Å². The molecule has 1 aliphatic heterocycles. The first kappa shape index (κ1) is 17.5. The maximum atomic E-state index is 13.0. The molecule has 0 aliphatic carbocycles. The van der Waals surface area contributed by atoms with Gasteiger partial charge in [0.15, 0.2) is 5.96 Å². The van der Waals surface area contributed by atoms with Gasteiger partial charge in [-0.15, -0.1) is 0 Å². The van der Waals surface area contributed by atoms with Crippen LogP contribution in [0.15, 0.2) is 52.1 Å². The van der Waals surface area contributed by atoms with Crippen LogP contribution in [0.3, 0.4) is 0 Å². The van der Waals surface area contributed by atoms with Crippen molar-refractivity contribution in [2.75, 3.05) is 26.7 Å². The van der Waals surface area contributed by atoms with Gasteiger partial charge in [-0.25, -0.2) is 4.39 Å². The van der Waals surface area contributed by atoms with E-state index >= 15 is 0 Å². The second-order valence-electron chi connectivity index (χ2n) is 6.21. The second-order valence-corrected chi connectivity index (χ2v) is 6.21. The molecule has 1 saturated heterocycles. The number of halogens is 1. The van der Waals surface area contributed by atoms with Crippen LogP contribution in [0.5, 0.6) is 0 Å². The van der Waals surface area contributed by atoms with Crippen molar-refractivity contribution in [3.8, 4) is 0 Å². The maximum absolute atomic E-state index is 13.0. The quantitative estimate of drug-likeness (QED) is 0.625. The van der Waals surface area contributed by atoms with E-state index in [1.165, 1.54) is 25.0 Å². The molecular formula is C19H25FN4O. The summed E-state index contributed by atoms with van der Waals surface area (Å²) >= 11 is 0. The molecule has 2 aromatic rings. The molecule has 1 aromatic carbocycles. The molecule has 0 bridgehead atoms. The monoisotopic (exact) mass is 344 g/mol. The fourth-order valence-corrected chi connectivity index (χ4v) is 3.15. The molecule has 3 rings (SSSR count). The van der Waals surface area contributed by atoms with Crippen LogP contribution in [-0.4, -0.2) is 37.5 Å². The lowest BCUT2D eigenvalue weighted by molar-refractivity contribution is 0.215. The van der Waals surface area contributed by atoms with Crippen molar-refractivity contribution in [3.05, 3.63) is 59.8 Å². The summed E-state index contributed by atoms with van der Waals surface area (Å²) in [4.78, 5) is 6.72. The Kier molecular flexibility index (Phi) is 6.06. The van der Waals surface area contributed by atoms with E-state index in [-0.39, 0.29) is 11.9 Å². The zero-order valence-electron chi connectivity index (χ0n) is 14.5. The largest absolute Gasteiger partial charge is 0.468 e. The van der Waals surface area contributed by atoms with Gasteiger partial charge >= 0.3 is 0 Å². The summed E-state index contributed by atoms with van der Waals surface area (Å²) < 4.78 is 18.6. The lowest BCUT2D eigenvalue weighted by Gasteiger charge is -2.26. The molecule has 1 aliphatic rings. The lowest BCUT2D eigenvalue weighted by atomic mass is 10.2. The van der Waals surface area contributed by atoms with Crippen LogP contribution in [0.4, 0.5) is 4.39 Å². The number of hydrogen-bond donors (Lipinski definition) is 2. The van der Waals surface area contributed by atoms with E-state index in [4.69, 9.17) is 4.42 Å². The van der Waals surface area contributed by atoms with Crippen LogP contribution < -0.4 is 10.6 Å². The minimum absolute atomic E-state index is 0.196. The minimum Gasteiger partial charge on any atom is -0.468 e. The average molecular weight is 344 g/mol. The summed E-state index contributed by atoms with van der Waals surface area (Å²) in [6, 6.07) is 10.6. The molecule has 0 amide bonds. The molecular weight excluding hydrogens is 319 g/mol. The Morgan fingerprint density at radius 2 is 1.96 bits per heavy atom. The van der Waals surface area contributed by atoms with E-state index in [1.54, 1.807) is 25.4 Å². The summed E-state index contributed by atoms with van der Waals surface area (Å²) in [7, 11) is 1.75. The predicted molar refractivity (Wildman–Crippen MR) is 96.9 cm³/mol. The number of aliphatic imine (C=N–C) groups is 1. The van der Waals surface area contributed by atoms with Gasteiger partial charge in [0.1, 0.15) is 11.6 Å². The number of hydrogen-bond acceptors (Lipinski definition) is 3. The van der Waals surface area contributed by atoms with Gasteiger partial charge in [-0.05, 0) is 55.8 Å². The van der Waals surface area contributed by atoms with Crippen molar-refractivity contribution in [3.63, 3.8) is 0 Å². The van der Waals surface area contributed by atoms with E-state index in [2.05, 4.69) is 20.5 Å². The molecule has 0 radical (unpaired) electrons. The summed E-state index contributed by atoms with van der Waals surface area (Å²) in [6.07, 6.45) is 4.18. The van der Waals surface area contributed by atoms with Gasteiger partial charge in [0.2, 0.25) is 0 Å². The topological polar surface area (TPSA) is 52.8 Å². The first-order valence-electron chi connectivity index (χ1n) is 8.72. The predicted octanol–water partition coefficient (Wildman–Crippen LogP) is 2.92. The molecule has 1 atom stereocenters. The molecule has 6 heteroatoms. The molecule has 25 heavy (non-hydrogen) atoms. The van der Waals surface area contributed by atoms with E-state index < -0.39 is 0 Å². The molecule has 2 heterocycles. The van der Waals surface area contributed by atoms with Crippen LogP contribution in [-0.2, 0) is 6.54 Å². The standard InChI is InChI=1S/C19H25FN4O/c1-21-19(22-13-15-6-8-16(20)9-7-15)23-14-17(18-5-4-12-25-18)24-10-2-3-11-24/h4-9,12,17H,2-3,10-11,13-14H2,1H3,(H2,21,22,23). The highest BCUT2D eigenvalue weighted by Crippen LogP contribution is 2.24. The highest BCUT2D eigenvalue weighted by Gasteiger charge is 2.25. The van der Waals surface area contributed by atoms with Crippen LogP contribution in [0, 0.1) is 5.82 Å². The van der Waals surface area contributed by atoms with E-state index in [1.807, 2.05) is 12.1 Å². The van der Waals surface area contributed by atoms with Crippen LogP contribution in [0.1, 0.15) is 30.2 Å². The minimum atomic E-state index is -0.224. The van der Waals surface area contributed by atoms with E-state index in [9.17, 15) is 4.39 Å². The average Bonchev–Trinajstić information content (AvgIpc) is 3.33. The molecule has 1 aromatic heterocycles. The fourth-order valence-electron chi connectivity index (χ4n) is 3.15. The van der Waals surface area contributed by atoms with Crippen molar-refractivity contribution >= 4 is 5.96 Å². The molecule has 5 nitrogen and oxygen atoms in total. The first-order valence-corrected chi connectivity index (χ1v) is 8.72. The number of benzene rings is 1. The zero-order chi connectivity index (χ0) is 17.5. The van der Waals surface area contributed by atoms with Crippen molar-refractivity contribution in [1.29, 1.82) is 0 Å². The van der Waals surface area contributed by atoms with Crippen molar-refractivity contribution in [2.24, 2.45) is 4.99 Å². The summed E-state index contributed by atoms with van der Waals surface area (Å²) in [5, 5.41) is 6.64. The molecule has 0 saturated carbocycles. The lowest BCUT2D eigenvalue weighted by Crippen LogP contribution is -2.42. The van der Waals surface area contributed by atoms with Gasteiger partial charge < -0.3 is 15.1 Å². The highest BCUT2D eigenvalue weighted by molar-refractivity contribution is 5.79. The molecule has 1 fully saturated rings. The summed E-state index contributed by atoms with van der Waals surface area (Å²) in [5.41, 5.74) is 1.01. The molecule has 1 unspecified atom stereocenters. The Bertz CT molecular complexity index is 663. The fraction of sp³-hybridized carbons (Fsp3) is 0.421. The van der Waals surface area contributed by atoms with Gasteiger partial charge in [0.05, 0.1) is 12.3 Å². The third-order valence-electron chi connectivity index (χ3n) is 4.51. The second kappa shape index (κ2) is 8.67. The zero-order valence-corrected chi connectivity index (χ0v) is 14.5. The number of furan rings is 1. The Balaban J connectivity index is 1.55. The third kappa shape index (κ3) is 4.82. The number of nitrogens with zero attached hydrogens (tertiary/aromatic N) is 2. The molecule has 0 spiro atoms. The van der Waals surface area contributed by atoms with Crippen molar-refractivity contribution in [1.82, 2.24) is 15.5 Å². The first-order chi connectivity index (χ1) is 12.3. The van der Waals surface area contributed by atoms with Gasteiger partial charge in [0.25, 0.3) is 0 Å². The van der Waals surface area contributed by atoms with Gasteiger partial charge in [-0.2, -0.15) is 0 Å². The number of guanidine groups is 1. The van der Waals surface area contributed by atoms with Crippen molar-refractivity contribution in [2.45, 2.75) is 25.4 Å². The smallest absolute Gasteiger partial charge is 0.191 e. The Morgan fingerprint density at radius 3 is 2.60 bits per heavy atom. The Hall–Kier alpha value is -2.34. The van der Waals surface area contributed by atoms with Gasteiger partial charge in [0, 0.05) is 20.1 Å². The number of rotatable bonds is 6. The van der Waals surface area contributed by atoms with E-state index in [0.29, 0.717) is 6.54 Å². The van der Waals surface area contributed by atoms with Gasteiger partial charge in [-0.3, -0.25) is 9.89 Å². The molecule has 134 valence electrons. The van der Waals surface area contributed by atoms with Crippen LogP contribution in [0.2, 0.25) is 0 Å².